The lowest BCUT2D eigenvalue weighted by molar-refractivity contribution is 0.0606. The molecule has 1 saturated heterocycles. The SMILES string of the molecule is Cc1cc(C2CC2)nc2cc([C@@H]3CCCCN3C(=O)c3cc(F)ccc3N(C)S(C)(=O)=O)nn12. The number of benzene rings is 1. The van der Waals surface area contributed by atoms with Crippen molar-refractivity contribution in [1.82, 2.24) is 19.5 Å². The van der Waals surface area contributed by atoms with E-state index in [1.807, 2.05) is 17.5 Å². The van der Waals surface area contributed by atoms with Crippen LogP contribution in [0.25, 0.3) is 5.65 Å². The highest BCUT2D eigenvalue weighted by molar-refractivity contribution is 7.92. The highest BCUT2D eigenvalue weighted by Crippen LogP contribution is 2.40. The monoisotopic (exact) mass is 485 g/mol. The van der Waals surface area contributed by atoms with Crippen molar-refractivity contribution in [2.45, 2.75) is 51.0 Å². The van der Waals surface area contributed by atoms with E-state index in [1.165, 1.54) is 13.1 Å². The summed E-state index contributed by atoms with van der Waals surface area (Å²) >= 11 is 0. The number of aryl methyl sites for hydroxylation is 1. The molecule has 2 aliphatic rings. The van der Waals surface area contributed by atoms with E-state index in [1.54, 1.807) is 4.90 Å². The molecule has 0 bridgehead atoms. The number of fused-ring (bicyclic) bond motifs is 1. The van der Waals surface area contributed by atoms with Gasteiger partial charge < -0.3 is 4.90 Å². The molecule has 3 aromatic rings. The Morgan fingerprint density at radius 2 is 1.88 bits per heavy atom. The number of piperidine rings is 1. The van der Waals surface area contributed by atoms with Crippen LogP contribution in [0.3, 0.4) is 0 Å². The Balaban J connectivity index is 1.53. The number of nitrogens with zero attached hydrogens (tertiary/aromatic N) is 5. The van der Waals surface area contributed by atoms with Gasteiger partial charge in [-0.25, -0.2) is 22.3 Å². The van der Waals surface area contributed by atoms with Crippen LogP contribution in [0.4, 0.5) is 10.1 Å². The zero-order valence-electron chi connectivity index (χ0n) is 19.5. The molecule has 1 amide bonds. The Kier molecular flexibility index (Phi) is 5.58. The van der Waals surface area contributed by atoms with E-state index < -0.39 is 21.7 Å². The first-order chi connectivity index (χ1) is 16.1. The maximum Gasteiger partial charge on any atom is 0.256 e. The van der Waals surface area contributed by atoms with E-state index >= 15 is 0 Å². The lowest BCUT2D eigenvalue weighted by Gasteiger charge is -2.35. The molecule has 180 valence electrons. The first-order valence-corrected chi connectivity index (χ1v) is 13.4. The second kappa shape index (κ2) is 8.33. The van der Waals surface area contributed by atoms with Gasteiger partial charge in [-0.1, -0.05) is 0 Å². The largest absolute Gasteiger partial charge is 0.330 e. The lowest BCUT2D eigenvalue weighted by atomic mass is 9.98. The molecule has 1 atom stereocenters. The molecule has 0 unspecified atom stereocenters. The van der Waals surface area contributed by atoms with Gasteiger partial charge in [-0.3, -0.25) is 9.10 Å². The Morgan fingerprint density at radius 3 is 2.59 bits per heavy atom. The van der Waals surface area contributed by atoms with Crippen molar-refractivity contribution < 1.29 is 17.6 Å². The highest BCUT2D eigenvalue weighted by atomic mass is 32.2. The molecule has 0 radical (unpaired) electrons. The Morgan fingerprint density at radius 1 is 1.12 bits per heavy atom. The third kappa shape index (κ3) is 4.15. The van der Waals surface area contributed by atoms with E-state index in [0.29, 0.717) is 12.5 Å². The van der Waals surface area contributed by atoms with E-state index in [9.17, 15) is 17.6 Å². The average molecular weight is 486 g/mol. The number of sulfonamides is 1. The van der Waals surface area contributed by atoms with Crippen LogP contribution >= 0.6 is 0 Å². The topological polar surface area (TPSA) is 87.9 Å². The molecule has 3 heterocycles. The van der Waals surface area contributed by atoms with Crippen LogP contribution in [0.5, 0.6) is 0 Å². The summed E-state index contributed by atoms with van der Waals surface area (Å²) in [5.41, 5.74) is 3.76. The van der Waals surface area contributed by atoms with E-state index in [2.05, 4.69) is 6.07 Å². The number of halogens is 1. The zero-order chi connectivity index (χ0) is 24.2. The van der Waals surface area contributed by atoms with Crippen molar-refractivity contribution in [1.29, 1.82) is 0 Å². The fraction of sp³-hybridized carbons (Fsp3) is 0.458. The molecule has 5 rings (SSSR count). The minimum Gasteiger partial charge on any atom is -0.330 e. The number of rotatable bonds is 5. The number of carbonyl (C=O) groups is 1. The lowest BCUT2D eigenvalue weighted by Crippen LogP contribution is -2.39. The number of aromatic nitrogens is 3. The van der Waals surface area contributed by atoms with Gasteiger partial charge in [0, 0.05) is 37.0 Å². The minimum atomic E-state index is -3.63. The molecule has 1 aliphatic heterocycles. The van der Waals surface area contributed by atoms with Crippen molar-refractivity contribution in [2.75, 3.05) is 24.2 Å². The van der Waals surface area contributed by atoms with Gasteiger partial charge in [-0.05, 0) is 63.3 Å². The maximum absolute atomic E-state index is 14.2. The van der Waals surface area contributed by atoms with Gasteiger partial charge in [0.25, 0.3) is 5.91 Å². The van der Waals surface area contributed by atoms with Crippen molar-refractivity contribution >= 4 is 27.3 Å². The number of hydrogen-bond acceptors (Lipinski definition) is 5. The smallest absolute Gasteiger partial charge is 0.256 e. The molecule has 2 fully saturated rings. The molecule has 0 N–H and O–H groups in total. The van der Waals surface area contributed by atoms with E-state index in [-0.39, 0.29) is 17.3 Å². The maximum atomic E-state index is 14.2. The predicted molar refractivity (Wildman–Crippen MR) is 127 cm³/mol. The van der Waals surface area contributed by atoms with Crippen molar-refractivity contribution in [2.24, 2.45) is 0 Å². The third-order valence-corrected chi connectivity index (χ3v) is 7.96. The number of hydrogen-bond donors (Lipinski definition) is 0. The van der Waals surface area contributed by atoms with Crippen LogP contribution in [0.2, 0.25) is 0 Å². The summed E-state index contributed by atoms with van der Waals surface area (Å²) < 4.78 is 41.3. The average Bonchev–Trinajstić information content (AvgIpc) is 3.56. The summed E-state index contributed by atoms with van der Waals surface area (Å²) in [4.78, 5) is 20.2. The van der Waals surface area contributed by atoms with Gasteiger partial charge in [0.05, 0.1) is 29.2 Å². The Hall–Kier alpha value is -3.01. The first-order valence-electron chi connectivity index (χ1n) is 11.5. The summed E-state index contributed by atoms with van der Waals surface area (Å²) in [6, 6.07) is 7.32. The number of likely N-dealkylation sites (tertiary alicyclic amines) is 1. The summed E-state index contributed by atoms with van der Waals surface area (Å²) in [5, 5.41) is 4.78. The second-order valence-corrected chi connectivity index (χ2v) is 11.4. The molecule has 34 heavy (non-hydrogen) atoms. The molecule has 10 heteroatoms. The van der Waals surface area contributed by atoms with Crippen LogP contribution in [-0.4, -0.2) is 53.7 Å². The summed E-state index contributed by atoms with van der Waals surface area (Å²) in [5.74, 6) is -0.481. The van der Waals surface area contributed by atoms with Crippen LogP contribution < -0.4 is 4.31 Å². The van der Waals surface area contributed by atoms with Gasteiger partial charge >= 0.3 is 0 Å². The van der Waals surface area contributed by atoms with Gasteiger partial charge in [0.2, 0.25) is 10.0 Å². The summed E-state index contributed by atoms with van der Waals surface area (Å²) in [6.45, 7) is 2.48. The van der Waals surface area contributed by atoms with Crippen LogP contribution in [0.1, 0.15) is 71.5 Å². The zero-order valence-corrected chi connectivity index (χ0v) is 20.3. The number of carbonyl (C=O) groups excluding carboxylic acids is 1. The van der Waals surface area contributed by atoms with E-state index in [0.717, 1.165) is 77.5 Å². The first kappa shape index (κ1) is 22.8. The molecule has 1 aliphatic carbocycles. The standard InChI is InChI=1S/C24H28FN5O3S/c1-15-12-19(16-7-8-16)26-23-14-20(27-30(15)23)22-6-4-5-11-29(22)24(31)18-13-17(25)9-10-21(18)28(2)34(3,32)33/h9-10,12-14,16,22H,4-8,11H2,1-3H3/t22-/m0/s1. The van der Waals surface area contributed by atoms with Gasteiger partial charge in [-0.2, -0.15) is 5.10 Å². The number of amides is 1. The molecular weight excluding hydrogens is 457 g/mol. The molecule has 1 aromatic carbocycles. The fourth-order valence-electron chi connectivity index (χ4n) is 4.69. The second-order valence-electron chi connectivity index (χ2n) is 9.34. The fourth-order valence-corrected chi connectivity index (χ4v) is 5.21. The highest BCUT2D eigenvalue weighted by Gasteiger charge is 2.33. The molecule has 8 nitrogen and oxygen atoms in total. The Bertz CT molecular complexity index is 1380. The predicted octanol–water partition coefficient (Wildman–Crippen LogP) is 3.82. The van der Waals surface area contributed by atoms with E-state index in [4.69, 9.17) is 10.1 Å². The van der Waals surface area contributed by atoms with Crippen molar-refractivity contribution in [3.8, 4) is 0 Å². The third-order valence-electron chi connectivity index (χ3n) is 6.77. The van der Waals surface area contributed by atoms with Crippen LogP contribution in [0.15, 0.2) is 30.3 Å². The summed E-state index contributed by atoms with van der Waals surface area (Å²) in [7, 11) is -2.27. The van der Waals surface area contributed by atoms with Gasteiger partial charge in [-0.15, -0.1) is 0 Å². The normalized spacial score (nSPS) is 18.9. The Labute approximate surface area is 198 Å². The minimum absolute atomic E-state index is 0.0221. The molecule has 2 aromatic heterocycles. The van der Waals surface area contributed by atoms with Crippen molar-refractivity contribution in [3.05, 3.63) is 58.8 Å². The quantitative estimate of drug-likeness (QED) is 0.548. The molecule has 1 saturated carbocycles. The molecule has 0 spiro atoms. The number of anilines is 1. The summed E-state index contributed by atoms with van der Waals surface area (Å²) in [6.07, 6.45) is 5.83. The van der Waals surface area contributed by atoms with Gasteiger partial charge in [0.15, 0.2) is 5.65 Å². The van der Waals surface area contributed by atoms with Gasteiger partial charge in [0.1, 0.15) is 5.82 Å². The van der Waals surface area contributed by atoms with Crippen LogP contribution in [0, 0.1) is 12.7 Å². The van der Waals surface area contributed by atoms with Crippen molar-refractivity contribution in [3.63, 3.8) is 0 Å². The molecular formula is C24H28FN5O3S. The van der Waals surface area contributed by atoms with Crippen LogP contribution in [-0.2, 0) is 10.0 Å².